The van der Waals surface area contributed by atoms with Gasteiger partial charge in [0.15, 0.2) is 15.6 Å². The summed E-state index contributed by atoms with van der Waals surface area (Å²) in [7, 11) is -3.21. The smallest absolute Gasteiger partial charge is 0.412 e. The lowest BCUT2D eigenvalue weighted by atomic mass is 10.1. The van der Waals surface area contributed by atoms with E-state index in [1.165, 1.54) is 0 Å². The Labute approximate surface area is 192 Å². The van der Waals surface area contributed by atoms with Gasteiger partial charge in [-0.05, 0) is 39.3 Å². The van der Waals surface area contributed by atoms with E-state index in [1.807, 2.05) is 6.07 Å². The summed E-state index contributed by atoms with van der Waals surface area (Å²) in [6.45, 7) is 6.74. The average molecular weight is 477 g/mol. The molecule has 2 aromatic carbocycles. The van der Waals surface area contributed by atoms with Gasteiger partial charge in [0.25, 0.3) is 0 Å². The fourth-order valence-corrected chi connectivity index (χ4v) is 4.31. The van der Waals surface area contributed by atoms with Crippen LogP contribution in [0, 0.1) is 6.92 Å². The molecule has 0 fully saturated rings. The van der Waals surface area contributed by atoms with Crippen molar-refractivity contribution in [3.63, 3.8) is 0 Å². The Kier molecular flexibility index (Phi) is 7.26. The van der Waals surface area contributed by atoms with Gasteiger partial charge in [0.05, 0.1) is 11.0 Å². The number of carbonyl (C=O) groups excluding carboxylic acids is 1. The number of aromatic nitrogens is 1. The number of ether oxygens (including phenoxy) is 1. The molecule has 0 saturated heterocycles. The number of carbonyl (C=O) groups is 1. The number of halogens is 1. The fraction of sp³-hybridized carbons (Fsp3) is 0.304. The maximum Gasteiger partial charge on any atom is 0.412 e. The van der Waals surface area contributed by atoms with Gasteiger partial charge in [-0.3, -0.25) is 5.32 Å². The number of nitrogens with zero attached hydrogens (tertiary/aromatic N) is 1. The molecule has 1 unspecified atom stereocenters. The van der Waals surface area contributed by atoms with Crippen molar-refractivity contribution in [2.75, 3.05) is 5.32 Å². The van der Waals surface area contributed by atoms with Crippen LogP contribution in [0.1, 0.15) is 43.7 Å². The number of benzene rings is 2. The predicted octanol–water partition coefficient (Wildman–Crippen LogP) is 5.94. The number of amides is 1. The molecule has 1 aromatic heterocycles. The number of hydrogen-bond donors (Lipinski definition) is 1. The van der Waals surface area contributed by atoms with E-state index in [-0.39, 0.29) is 5.75 Å². The number of hydrogen-bond acceptors (Lipinski definition) is 6. The maximum atomic E-state index is 12.5. The van der Waals surface area contributed by atoms with E-state index < -0.39 is 27.3 Å². The molecule has 32 heavy (non-hydrogen) atoms. The monoisotopic (exact) mass is 476 g/mol. The second-order valence-electron chi connectivity index (χ2n) is 7.72. The number of anilines is 1. The lowest BCUT2D eigenvalue weighted by molar-refractivity contribution is 0.121. The molecular formula is C23H25ClN2O5S. The molecule has 0 aliphatic heterocycles. The summed E-state index contributed by atoms with van der Waals surface area (Å²) in [5, 5.41) is 6.69. The SMILES string of the molecule is Cc1noc(-c2ccc(CS(=O)(=O)C(C)C)cc2)c1NC(=O)OC(C)c1ccccc1Cl. The first kappa shape index (κ1) is 23.8. The van der Waals surface area contributed by atoms with Gasteiger partial charge in [-0.25, -0.2) is 13.2 Å². The third-order valence-corrected chi connectivity index (χ3v) is 7.54. The lowest BCUT2D eigenvalue weighted by Crippen LogP contribution is -2.17. The van der Waals surface area contributed by atoms with Crippen molar-refractivity contribution in [3.05, 3.63) is 70.4 Å². The van der Waals surface area contributed by atoms with Crippen molar-refractivity contribution in [1.29, 1.82) is 0 Å². The van der Waals surface area contributed by atoms with E-state index in [4.69, 9.17) is 20.9 Å². The van der Waals surface area contributed by atoms with E-state index in [0.29, 0.717) is 38.9 Å². The molecule has 1 atom stereocenters. The third kappa shape index (κ3) is 5.49. The van der Waals surface area contributed by atoms with E-state index in [2.05, 4.69) is 10.5 Å². The summed E-state index contributed by atoms with van der Waals surface area (Å²) < 4.78 is 35.2. The van der Waals surface area contributed by atoms with Crippen LogP contribution in [0.2, 0.25) is 5.02 Å². The van der Waals surface area contributed by atoms with Crippen molar-refractivity contribution >= 4 is 33.2 Å². The Bertz CT molecular complexity index is 1200. The van der Waals surface area contributed by atoms with Gasteiger partial charge in [0.2, 0.25) is 0 Å². The number of nitrogens with one attached hydrogen (secondary N) is 1. The quantitative estimate of drug-likeness (QED) is 0.453. The molecule has 3 aromatic rings. The molecule has 0 radical (unpaired) electrons. The molecule has 0 saturated carbocycles. The van der Waals surface area contributed by atoms with Crippen LogP contribution in [0.4, 0.5) is 10.5 Å². The van der Waals surface area contributed by atoms with Gasteiger partial charge in [0.1, 0.15) is 17.5 Å². The van der Waals surface area contributed by atoms with Crippen LogP contribution in [0.3, 0.4) is 0 Å². The highest BCUT2D eigenvalue weighted by atomic mass is 35.5. The van der Waals surface area contributed by atoms with E-state index in [9.17, 15) is 13.2 Å². The van der Waals surface area contributed by atoms with Crippen molar-refractivity contribution in [2.24, 2.45) is 0 Å². The number of rotatable bonds is 7. The normalized spacial score (nSPS) is 12.6. The standard InChI is InChI=1S/C23H25ClN2O5S/c1-14(2)32(28,29)13-17-9-11-18(12-10-17)22-21(15(3)26-31-22)25-23(27)30-16(4)19-7-5-6-8-20(19)24/h5-12,14,16H,13H2,1-4H3,(H,25,27). The summed E-state index contributed by atoms with van der Waals surface area (Å²) in [5.74, 6) is 0.306. The van der Waals surface area contributed by atoms with Crippen molar-refractivity contribution in [2.45, 2.75) is 44.8 Å². The third-order valence-electron chi connectivity index (χ3n) is 5.02. The van der Waals surface area contributed by atoms with Crippen LogP contribution >= 0.6 is 11.6 Å². The Hall–Kier alpha value is -2.84. The Balaban J connectivity index is 1.75. The Morgan fingerprint density at radius 2 is 1.78 bits per heavy atom. The zero-order chi connectivity index (χ0) is 23.5. The summed E-state index contributed by atoms with van der Waals surface area (Å²) in [6.07, 6.45) is -1.24. The topological polar surface area (TPSA) is 98.5 Å². The molecule has 9 heteroatoms. The van der Waals surface area contributed by atoms with Gasteiger partial charge in [-0.1, -0.05) is 59.2 Å². The molecule has 1 amide bonds. The molecule has 7 nitrogen and oxygen atoms in total. The highest BCUT2D eigenvalue weighted by Crippen LogP contribution is 2.32. The largest absolute Gasteiger partial charge is 0.441 e. The highest BCUT2D eigenvalue weighted by molar-refractivity contribution is 7.91. The zero-order valence-corrected chi connectivity index (χ0v) is 19.8. The first-order valence-electron chi connectivity index (χ1n) is 10.1. The van der Waals surface area contributed by atoms with Gasteiger partial charge in [-0.15, -0.1) is 0 Å². The van der Waals surface area contributed by atoms with Crippen LogP contribution in [0.25, 0.3) is 11.3 Å². The summed E-state index contributed by atoms with van der Waals surface area (Å²) in [4.78, 5) is 12.5. The predicted molar refractivity (Wildman–Crippen MR) is 124 cm³/mol. The van der Waals surface area contributed by atoms with Crippen LogP contribution in [0.5, 0.6) is 0 Å². The maximum absolute atomic E-state index is 12.5. The number of sulfone groups is 1. The van der Waals surface area contributed by atoms with Crippen molar-refractivity contribution in [1.82, 2.24) is 5.16 Å². The van der Waals surface area contributed by atoms with E-state index >= 15 is 0 Å². The molecule has 0 aliphatic carbocycles. The van der Waals surface area contributed by atoms with Crippen LogP contribution in [-0.2, 0) is 20.3 Å². The van der Waals surface area contributed by atoms with Gasteiger partial charge >= 0.3 is 6.09 Å². The number of aryl methyl sites for hydroxylation is 1. The van der Waals surface area contributed by atoms with E-state index in [0.717, 1.165) is 0 Å². The molecule has 1 heterocycles. The van der Waals surface area contributed by atoms with Crippen molar-refractivity contribution in [3.8, 4) is 11.3 Å². The molecule has 0 spiro atoms. The molecule has 0 bridgehead atoms. The van der Waals surface area contributed by atoms with Gasteiger partial charge in [-0.2, -0.15) is 0 Å². The minimum Gasteiger partial charge on any atom is -0.441 e. The van der Waals surface area contributed by atoms with Crippen molar-refractivity contribution < 1.29 is 22.5 Å². The summed E-state index contributed by atoms with van der Waals surface area (Å²) in [6, 6.07) is 14.0. The summed E-state index contributed by atoms with van der Waals surface area (Å²) >= 11 is 6.17. The van der Waals surface area contributed by atoms with Crippen LogP contribution < -0.4 is 5.32 Å². The average Bonchev–Trinajstić information content (AvgIpc) is 3.08. The molecule has 170 valence electrons. The zero-order valence-electron chi connectivity index (χ0n) is 18.3. The molecule has 3 rings (SSSR count). The fourth-order valence-electron chi connectivity index (χ4n) is 3.03. The lowest BCUT2D eigenvalue weighted by Gasteiger charge is -2.15. The highest BCUT2D eigenvalue weighted by Gasteiger charge is 2.21. The summed E-state index contributed by atoms with van der Waals surface area (Å²) in [5.41, 5.74) is 2.86. The molecular weight excluding hydrogens is 452 g/mol. The van der Waals surface area contributed by atoms with E-state index in [1.54, 1.807) is 70.2 Å². The Morgan fingerprint density at radius 3 is 2.41 bits per heavy atom. The second-order valence-corrected chi connectivity index (χ2v) is 10.7. The Morgan fingerprint density at radius 1 is 1.12 bits per heavy atom. The molecule has 0 aliphatic rings. The van der Waals surface area contributed by atoms with Crippen LogP contribution in [-0.4, -0.2) is 24.9 Å². The first-order valence-corrected chi connectivity index (χ1v) is 12.2. The minimum atomic E-state index is -3.21. The van der Waals surface area contributed by atoms with Gasteiger partial charge < -0.3 is 9.26 Å². The molecule has 1 N–H and O–H groups in total. The first-order chi connectivity index (χ1) is 15.1. The van der Waals surface area contributed by atoms with Gasteiger partial charge in [0, 0.05) is 16.1 Å². The minimum absolute atomic E-state index is 0.0439. The van der Waals surface area contributed by atoms with Crippen LogP contribution in [0.15, 0.2) is 53.1 Å². The second kappa shape index (κ2) is 9.75.